The SMILES string of the molecule is CN(CC(=O)N1CCOCC1)C(=O)C1CN(C(=O)c2ccccc2)CC12CCCCC2. The van der Waals surface area contributed by atoms with Crippen molar-refractivity contribution in [2.45, 2.75) is 32.1 Å². The number of likely N-dealkylation sites (tertiary alicyclic amines) is 1. The van der Waals surface area contributed by atoms with Crippen molar-refractivity contribution in [2.24, 2.45) is 11.3 Å². The van der Waals surface area contributed by atoms with Gasteiger partial charge in [0.1, 0.15) is 0 Å². The van der Waals surface area contributed by atoms with Gasteiger partial charge in [-0.25, -0.2) is 0 Å². The van der Waals surface area contributed by atoms with Gasteiger partial charge >= 0.3 is 0 Å². The van der Waals surface area contributed by atoms with Crippen LogP contribution in [0.4, 0.5) is 0 Å². The molecule has 1 aromatic carbocycles. The van der Waals surface area contributed by atoms with E-state index in [1.807, 2.05) is 35.2 Å². The predicted molar refractivity (Wildman–Crippen MR) is 116 cm³/mol. The van der Waals surface area contributed by atoms with Gasteiger partial charge in [-0.2, -0.15) is 0 Å². The maximum Gasteiger partial charge on any atom is 0.253 e. The smallest absolute Gasteiger partial charge is 0.253 e. The molecule has 3 aliphatic rings. The molecule has 2 heterocycles. The largest absolute Gasteiger partial charge is 0.378 e. The average molecular weight is 428 g/mol. The van der Waals surface area contributed by atoms with Gasteiger partial charge < -0.3 is 19.4 Å². The van der Waals surface area contributed by atoms with E-state index >= 15 is 0 Å². The zero-order chi connectivity index (χ0) is 21.8. The Hall–Kier alpha value is -2.41. The average Bonchev–Trinajstić information content (AvgIpc) is 3.17. The van der Waals surface area contributed by atoms with Gasteiger partial charge in [-0.1, -0.05) is 37.5 Å². The predicted octanol–water partition coefficient (Wildman–Crippen LogP) is 2.03. The first-order chi connectivity index (χ1) is 15.0. The first-order valence-corrected chi connectivity index (χ1v) is 11.4. The lowest BCUT2D eigenvalue weighted by Crippen LogP contribution is -2.49. The molecule has 31 heavy (non-hydrogen) atoms. The summed E-state index contributed by atoms with van der Waals surface area (Å²) in [6.07, 6.45) is 5.29. The number of carbonyl (C=O) groups is 3. The van der Waals surface area contributed by atoms with Crippen LogP contribution in [0.1, 0.15) is 42.5 Å². The number of hydrogen-bond donors (Lipinski definition) is 0. The Kier molecular flexibility index (Phi) is 6.60. The van der Waals surface area contributed by atoms with Crippen molar-refractivity contribution in [3.05, 3.63) is 35.9 Å². The van der Waals surface area contributed by atoms with Gasteiger partial charge in [0.25, 0.3) is 5.91 Å². The number of hydrogen-bond acceptors (Lipinski definition) is 4. The standard InChI is InChI=1S/C24H33N3O4/c1-25(17-21(28)26-12-14-31-15-13-26)23(30)20-16-27(18-24(20)10-6-3-7-11-24)22(29)19-8-4-2-5-9-19/h2,4-5,8-9,20H,3,6-7,10-18H2,1H3. The molecule has 7 heteroatoms. The van der Waals surface area contributed by atoms with Crippen molar-refractivity contribution in [3.63, 3.8) is 0 Å². The summed E-state index contributed by atoms with van der Waals surface area (Å²) in [5.41, 5.74) is 0.494. The number of amides is 3. The molecule has 0 radical (unpaired) electrons. The van der Waals surface area contributed by atoms with Crippen LogP contribution in [0.2, 0.25) is 0 Å². The molecule has 1 spiro atoms. The molecule has 4 rings (SSSR count). The second kappa shape index (κ2) is 9.39. The number of benzene rings is 1. The lowest BCUT2D eigenvalue weighted by atomic mass is 9.67. The van der Waals surface area contributed by atoms with Gasteiger partial charge in [0, 0.05) is 44.2 Å². The third-order valence-corrected chi connectivity index (χ3v) is 7.22. The summed E-state index contributed by atoms with van der Waals surface area (Å²) >= 11 is 0. The Bertz CT molecular complexity index is 800. The molecule has 1 saturated carbocycles. The zero-order valence-corrected chi connectivity index (χ0v) is 18.4. The Morgan fingerprint density at radius 3 is 2.39 bits per heavy atom. The second-order valence-corrected chi connectivity index (χ2v) is 9.21. The van der Waals surface area contributed by atoms with Crippen molar-refractivity contribution in [2.75, 3.05) is 53.0 Å². The maximum absolute atomic E-state index is 13.5. The first kappa shape index (κ1) is 21.8. The number of nitrogens with zero attached hydrogens (tertiary/aromatic N) is 3. The number of carbonyl (C=O) groups excluding carboxylic acids is 3. The van der Waals surface area contributed by atoms with Crippen LogP contribution in [-0.2, 0) is 14.3 Å². The van der Waals surface area contributed by atoms with Crippen LogP contribution in [-0.4, -0.2) is 85.4 Å². The minimum Gasteiger partial charge on any atom is -0.378 e. The molecule has 0 bridgehead atoms. The third-order valence-electron chi connectivity index (χ3n) is 7.22. The summed E-state index contributed by atoms with van der Waals surface area (Å²) < 4.78 is 5.32. The van der Waals surface area contributed by atoms with Crippen molar-refractivity contribution in [3.8, 4) is 0 Å². The molecule has 3 amide bonds. The van der Waals surface area contributed by atoms with E-state index in [1.54, 1.807) is 16.8 Å². The summed E-state index contributed by atoms with van der Waals surface area (Å²) in [5.74, 6) is -0.297. The summed E-state index contributed by atoms with van der Waals surface area (Å²) in [5, 5.41) is 0. The van der Waals surface area contributed by atoms with E-state index in [0.29, 0.717) is 45.0 Å². The number of ether oxygens (including phenoxy) is 1. The van der Waals surface area contributed by atoms with Gasteiger partial charge in [0.05, 0.1) is 25.7 Å². The first-order valence-electron chi connectivity index (χ1n) is 11.4. The van der Waals surface area contributed by atoms with Gasteiger partial charge in [0.15, 0.2) is 0 Å². The van der Waals surface area contributed by atoms with Gasteiger partial charge in [0.2, 0.25) is 11.8 Å². The molecule has 1 aromatic rings. The van der Waals surface area contributed by atoms with Crippen LogP contribution in [0.15, 0.2) is 30.3 Å². The van der Waals surface area contributed by atoms with Crippen molar-refractivity contribution in [1.29, 1.82) is 0 Å². The molecule has 0 aromatic heterocycles. The highest BCUT2D eigenvalue weighted by Crippen LogP contribution is 2.48. The van der Waals surface area contributed by atoms with E-state index in [9.17, 15) is 14.4 Å². The normalized spacial score (nSPS) is 23.1. The maximum atomic E-state index is 13.5. The Morgan fingerprint density at radius 1 is 1.03 bits per heavy atom. The lowest BCUT2D eigenvalue weighted by Gasteiger charge is -2.38. The Morgan fingerprint density at radius 2 is 1.71 bits per heavy atom. The molecule has 1 atom stereocenters. The molecule has 0 N–H and O–H groups in total. The van der Waals surface area contributed by atoms with Crippen LogP contribution in [0.3, 0.4) is 0 Å². The number of likely N-dealkylation sites (N-methyl/N-ethyl adjacent to an activating group) is 1. The molecule has 2 saturated heterocycles. The second-order valence-electron chi connectivity index (χ2n) is 9.21. The summed E-state index contributed by atoms with van der Waals surface area (Å²) in [7, 11) is 1.72. The third kappa shape index (κ3) is 4.61. The van der Waals surface area contributed by atoms with Gasteiger partial charge in [-0.3, -0.25) is 14.4 Å². The number of morpholine rings is 1. The van der Waals surface area contributed by atoms with E-state index in [2.05, 4.69) is 0 Å². The van der Waals surface area contributed by atoms with Crippen molar-refractivity contribution >= 4 is 17.7 Å². The fourth-order valence-corrected chi connectivity index (χ4v) is 5.45. The van der Waals surface area contributed by atoms with Crippen LogP contribution in [0.25, 0.3) is 0 Å². The van der Waals surface area contributed by atoms with Crippen LogP contribution >= 0.6 is 0 Å². The van der Waals surface area contributed by atoms with E-state index in [-0.39, 0.29) is 35.6 Å². The molecule has 1 unspecified atom stereocenters. The fourth-order valence-electron chi connectivity index (χ4n) is 5.45. The van der Waals surface area contributed by atoms with Crippen LogP contribution < -0.4 is 0 Å². The molecule has 3 fully saturated rings. The Balaban J connectivity index is 1.48. The topological polar surface area (TPSA) is 70.2 Å². The minimum atomic E-state index is -0.247. The highest BCUT2D eigenvalue weighted by molar-refractivity contribution is 5.95. The van der Waals surface area contributed by atoms with Crippen molar-refractivity contribution < 1.29 is 19.1 Å². The molecular formula is C24H33N3O4. The van der Waals surface area contributed by atoms with Gasteiger partial charge in [-0.05, 0) is 25.0 Å². The lowest BCUT2D eigenvalue weighted by molar-refractivity contribution is -0.145. The molecular weight excluding hydrogens is 394 g/mol. The minimum absolute atomic E-state index is 0.00658. The van der Waals surface area contributed by atoms with E-state index in [0.717, 1.165) is 25.7 Å². The summed E-state index contributed by atoms with van der Waals surface area (Å²) in [6, 6.07) is 9.30. The highest BCUT2D eigenvalue weighted by atomic mass is 16.5. The zero-order valence-electron chi connectivity index (χ0n) is 18.4. The van der Waals surface area contributed by atoms with E-state index < -0.39 is 0 Å². The summed E-state index contributed by atoms with van der Waals surface area (Å²) in [4.78, 5) is 44.5. The van der Waals surface area contributed by atoms with E-state index in [1.165, 1.54) is 6.42 Å². The molecule has 168 valence electrons. The Labute approximate surface area is 184 Å². The monoisotopic (exact) mass is 427 g/mol. The van der Waals surface area contributed by atoms with Crippen LogP contribution in [0, 0.1) is 11.3 Å². The summed E-state index contributed by atoms with van der Waals surface area (Å²) in [6.45, 7) is 3.39. The quantitative estimate of drug-likeness (QED) is 0.737. The van der Waals surface area contributed by atoms with E-state index in [4.69, 9.17) is 4.74 Å². The molecule has 7 nitrogen and oxygen atoms in total. The fraction of sp³-hybridized carbons (Fsp3) is 0.625. The van der Waals surface area contributed by atoms with Gasteiger partial charge in [-0.15, -0.1) is 0 Å². The molecule has 2 aliphatic heterocycles. The highest BCUT2D eigenvalue weighted by Gasteiger charge is 2.52. The number of rotatable bonds is 4. The van der Waals surface area contributed by atoms with Crippen LogP contribution in [0.5, 0.6) is 0 Å². The molecule has 1 aliphatic carbocycles. The van der Waals surface area contributed by atoms with Crippen molar-refractivity contribution in [1.82, 2.24) is 14.7 Å².